The zero-order chi connectivity index (χ0) is 14.0. The SMILES string of the molecule is Cn1nnn(Cc2ccc(OC(F)(F)F)cc2)c1=O. The van der Waals surface area contributed by atoms with Crippen LogP contribution in [0.5, 0.6) is 5.75 Å². The lowest BCUT2D eigenvalue weighted by Crippen LogP contribution is -2.23. The molecule has 0 radical (unpaired) electrons. The van der Waals surface area contributed by atoms with E-state index in [1.807, 2.05) is 0 Å². The Labute approximate surface area is 105 Å². The molecule has 9 heteroatoms. The normalized spacial score (nSPS) is 11.6. The fourth-order valence-electron chi connectivity index (χ4n) is 1.42. The largest absolute Gasteiger partial charge is 0.573 e. The van der Waals surface area contributed by atoms with Crippen molar-refractivity contribution in [1.29, 1.82) is 0 Å². The molecule has 0 saturated heterocycles. The fourth-order valence-corrected chi connectivity index (χ4v) is 1.42. The predicted molar refractivity (Wildman–Crippen MR) is 57.5 cm³/mol. The van der Waals surface area contributed by atoms with Crippen molar-refractivity contribution in [3.05, 3.63) is 40.3 Å². The van der Waals surface area contributed by atoms with E-state index >= 15 is 0 Å². The topological polar surface area (TPSA) is 61.9 Å². The van der Waals surface area contributed by atoms with E-state index in [2.05, 4.69) is 15.2 Å². The third-order valence-corrected chi connectivity index (χ3v) is 2.27. The van der Waals surface area contributed by atoms with Crippen LogP contribution in [0.1, 0.15) is 5.56 Å². The van der Waals surface area contributed by atoms with E-state index < -0.39 is 12.1 Å². The van der Waals surface area contributed by atoms with Crippen molar-refractivity contribution >= 4 is 0 Å². The van der Waals surface area contributed by atoms with Gasteiger partial charge in [-0.25, -0.2) is 4.79 Å². The number of ether oxygens (including phenoxy) is 1. The summed E-state index contributed by atoms with van der Waals surface area (Å²) >= 11 is 0. The zero-order valence-corrected chi connectivity index (χ0v) is 9.76. The molecule has 0 unspecified atom stereocenters. The first-order valence-electron chi connectivity index (χ1n) is 5.16. The zero-order valence-electron chi connectivity index (χ0n) is 9.76. The molecular formula is C10H9F3N4O2. The number of hydrogen-bond donors (Lipinski definition) is 0. The second-order valence-corrected chi connectivity index (χ2v) is 3.73. The standard InChI is InChI=1S/C10H9F3N4O2/c1-16-9(18)17(15-14-16)6-7-2-4-8(5-3-7)19-10(11,12)13/h2-5H,6H2,1H3. The molecule has 2 rings (SSSR count). The number of aromatic nitrogens is 4. The lowest BCUT2D eigenvalue weighted by atomic mass is 10.2. The smallest absolute Gasteiger partial charge is 0.406 e. The van der Waals surface area contributed by atoms with Gasteiger partial charge in [0.1, 0.15) is 5.75 Å². The van der Waals surface area contributed by atoms with Gasteiger partial charge in [-0.1, -0.05) is 12.1 Å². The monoisotopic (exact) mass is 274 g/mol. The number of nitrogens with zero attached hydrogens (tertiary/aromatic N) is 4. The second-order valence-electron chi connectivity index (χ2n) is 3.73. The summed E-state index contributed by atoms with van der Waals surface area (Å²) in [6.07, 6.45) is -4.72. The first-order valence-corrected chi connectivity index (χ1v) is 5.16. The molecule has 0 atom stereocenters. The molecule has 0 aliphatic heterocycles. The van der Waals surface area contributed by atoms with Crippen LogP contribution >= 0.6 is 0 Å². The summed E-state index contributed by atoms with van der Waals surface area (Å²) in [7, 11) is 1.45. The quantitative estimate of drug-likeness (QED) is 0.835. The van der Waals surface area contributed by atoms with Crippen molar-refractivity contribution in [2.75, 3.05) is 0 Å². The van der Waals surface area contributed by atoms with Crippen LogP contribution in [0.2, 0.25) is 0 Å². The van der Waals surface area contributed by atoms with Crippen LogP contribution < -0.4 is 10.4 Å². The number of aryl methyl sites for hydroxylation is 1. The van der Waals surface area contributed by atoms with Crippen LogP contribution in [-0.4, -0.2) is 26.2 Å². The summed E-state index contributed by atoms with van der Waals surface area (Å²) in [5.41, 5.74) is 0.202. The Bertz CT molecular complexity index is 615. The maximum absolute atomic E-state index is 12.0. The third-order valence-electron chi connectivity index (χ3n) is 2.27. The van der Waals surface area contributed by atoms with E-state index in [1.165, 1.54) is 31.3 Å². The lowest BCUT2D eigenvalue weighted by molar-refractivity contribution is -0.274. The van der Waals surface area contributed by atoms with Crippen LogP contribution in [0.15, 0.2) is 29.1 Å². The summed E-state index contributed by atoms with van der Waals surface area (Å²) in [6, 6.07) is 5.18. The van der Waals surface area contributed by atoms with Gasteiger partial charge in [0.2, 0.25) is 0 Å². The van der Waals surface area contributed by atoms with Crippen molar-refractivity contribution in [2.24, 2.45) is 7.05 Å². The van der Waals surface area contributed by atoms with Gasteiger partial charge in [-0.05, 0) is 28.1 Å². The Morgan fingerprint density at radius 2 is 1.84 bits per heavy atom. The van der Waals surface area contributed by atoms with Gasteiger partial charge in [-0.15, -0.1) is 13.2 Å². The molecule has 0 fully saturated rings. The molecule has 1 aromatic heterocycles. The summed E-state index contributed by atoms with van der Waals surface area (Å²) < 4.78 is 41.8. The van der Waals surface area contributed by atoms with E-state index in [1.54, 1.807) is 0 Å². The minimum atomic E-state index is -4.72. The highest BCUT2D eigenvalue weighted by atomic mass is 19.4. The van der Waals surface area contributed by atoms with E-state index in [-0.39, 0.29) is 12.3 Å². The van der Waals surface area contributed by atoms with Gasteiger partial charge in [0, 0.05) is 7.05 Å². The average molecular weight is 274 g/mol. The van der Waals surface area contributed by atoms with Crippen molar-refractivity contribution in [2.45, 2.75) is 12.9 Å². The molecule has 0 spiro atoms. The molecule has 19 heavy (non-hydrogen) atoms. The first-order chi connectivity index (χ1) is 8.85. The number of rotatable bonds is 3. The predicted octanol–water partition coefficient (Wildman–Crippen LogP) is 0.924. The van der Waals surface area contributed by atoms with Crippen LogP contribution in [0, 0.1) is 0 Å². The average Bonchev–Trinajstić information content (AvgIpc) is 2.62. The van der Waals surface area contributed by atoms with Gasteiger partial charge >= 0.3 is 12.1 Å². The summed E-state index contributed by atoms with van der Waals surface area (Å²) in [4.78, 5) is 11.5. The summed E-state index contributed by atoms with van der Waals surface area (Å²) in [5.74, 6) is -0.317. The molecule has 1 heterocycles. The van der Waals surface area contributed by atoms with Crippen LogP contribution in [0.25, 0.3) is 0 Å². The Morgan fingerprint density at radius 3 is 2.32 bits per heavy atom. The maximum Gasteiger partial charge on any atom is 0.573 e. The molecular weight excluding hydrogens is 265 g/mol. The molecule has 0 bridgehead atoms. The van der Waals surface area contributed by atoms with Gasteiger partial charge < -0.3 is 4.74 Å². The molecule has 6 nitrogen and oxygen atoms in total. The van der Waals surface area contributed by atoms with E-state index in [4.69, 9.17) is 0 Å². The highest BCUT2D eigenvalue weighted by Crippen LogP contribution is 2.22. The maximum atomic E-state index is 12.0. The van der Waals surface area contributed by atoms with Crippen molar-refractivity contribution in [3.8, 4) is 5.75 Å². The van der Waals surface area contributed by atoms with Crippen LogP contribution in [-0.2, 0) is 13.6 Å². The Balaban J connectivity index is 2.11. The number of alkyl halides is 3. The number of benzene rings is 1. The number of halogens is 3. The van der Waals surface area contributed by atoms with Gasteiger partial charge in [-0.3, -0.25) is 0 Å². The highest BCUT2D eigenvalue weighted by Gasteiger charge is 2.30. The van der Waals surface area contributed by atoms with Gasteiger partial charge in [0.25, 0.3) is 0 Å². The van der Waals surface area contributed by atoms with E-state index in [0.29, 0.717) is 5.56 Å². The minimum Gasteiger partial charge on any atom is -0.406 e. The molecule has 0 N–H and O–H groups in total. The minimum absolute atomic E-state index is 0.124. The van der Waals surface area contributed by atoms with Crippen molar-refractivity contribution < 1.29 is 17.9 Å². The van der Waals surface area contributed by atoms with E-state index in [9.17, 15) is 18.0 Å². The molecule has 0 aliphatic carbocycles. The molecule has 0 saturated carbocycles. The molecule has 0 aliphatic rings. The van der Waals surface area contributed by atoms with Crippen LogP contribution in [0.3, 0.4) is 0 Å². The summed E-state index contributed by atoms with van der Waals surface area (Å²) in [6.45, 7) is 0.124. The van der Waals surface area contributed by atoms with Gasteiger partial charge in [-0.2, -0.15) is 9.36 Å². The number of tetrazole rings is 1. The first kappa shape index (κ1) is 13.1. The van der Waals surface area contributed by atoms with Crippen LogP contribution in [0.4, 0.5) is 13.2 Å². The Hall–Kier alpha value is -2.32. The van der Waals surface area contributed by atoms with Gasteiger partial charge in [0.15, 0.2) is 0 Å². The summed E-state index contributed by atoms with van der Waals surface area (Å²) in [5, 5.41) is 7.12. The van der Waals surface area contributed by atoms with Gasteiger partial charge in [0.05, 0.1) is 6.54 Å². The fraction of sp³-hybridized carbons (Fsp3) is 0.300. The highest BCUT2D eigenvalue weighted by molar-refractivity contribution is 5.27. The van der Waals surface area contributed by atoms with Crippen molar-refractivity contribution in [3.63, 3.8) is 0 Å². The molecule has 0 amide bonds. The third kappa shape index (κ3) is 3.33. The second kappa shape index (κ2) is 4.75. The molecule has 1 aromatic carbocycles. The lowest BCUT2D eigenvalue weighted by Gasteiger charge is -2.08. The van der Waals surface area contributed by atoms with E-state index in [0.717, 1.165) is 9.36 Å². The number of hydrogen-bond acceptors (Lipinski definition) is 4. The Morgan fingerprint density at radius 1 is 1.21 bits per heavy atom. The van der Waals surface area contributed by atoms with Crippen molar-refractivity contribution in [1.82, 2.24) is 19.8 Å². The molecule has 2 aromatic rings. The molecule has 102 valence electrons. The Kier molecular flexibility index (Phi) is 3.28.